The highest BCUT2D eigenvalue weighted by Crippen LogP contribution is 2.29. The summed E-state index contributed by atoms with van der Waals surface area (Å²) in [4.78, 5) is 27.8. The maximum absolute atomic E-state index is 13.6. The van der Waals surface area contributed by atoms with Crippen LogP contribution in [0.25, 0.3) is 0 Å². The van der Waals surface area contributed by atoms with Crippen LogP contribution in [0.15, 0.2) is 48.5 Å². The number of methoxy groups -OCH3 is 1. The standard InChI is InChI=1S/C26H37N3O5S/c1-7-16-27-26(31)20(4)28(17-21-12-14-22(34-5)15-13-21)25(30)18-29(35(6,32)33)24-11-9-8-10-23(24)19(2)3/h8-15,19-20H,7,16-18H2,1-6H3,(H,27,31)/t20-/m1/s1. The largest absolute Gasteiger partial charge is 0.497 e. The average molecular weight is 504 g/mol. The summed E-state index contributed by atoms with van der Waals surface area (Å²) in [7, 11) is -2.21. The van der Waals surface area contributed by atoms with Gasteiger partial charge in [0.25, 0.3) is 0 Å². The van der Waals surface area contributed by atoms with Crippen LogP contribution in [0.5, 0.6) is 5.75 Å². The fourth-order valence-electron chi connectivity index (χ4n) is 3.70. The second kappa shape index (κ2) is 12.6. The van der Waals surface area contributed by atoms with Crippen molar-refractivity contribution in [3.05, 3.63) is 59.7 Å². The Morgan fingerprint density at radius 2 is 1.66 bits per heavy atom. The number of benzene rings is 2. The predicted molar refractivity (Wildman–Crippen MR) is 139 cm³/mol. The Hall–Kier alpha value is -3.07. The van der Waals surface area contributed by atoms with Crippen molar-refractivity contribution in [2.75, 3.05) is 30.8 Å². The van der Waals surface area contributed by atoms with Crippen LogP contribution in [0.1, 0.15) is 51.2 Å². The molecule has 0 aliphatic rings. The predicted octanol–water partition coefficient (Wildman–Crippen LogP) is 3.53. The van der Waals surface area contributed by atoms with Gasteiger partial charge in [-0.1, -0.05) is 51.1 Å². The summed E-state index contributed by atoms with van der Waals surface area (Å²) in [5.41, 5.74) is 2.08. The van der Waals surface area contributed by atoms with Crippen molar-refractivity contribution >= 4 is 27.5 Å². The molecule has 0 fully saturated rings. The Bertz CT molecular complexity index is 1100. The molecule has 0 saturated carbocycles. The molecule has 2 aromatic rings. The number of carbonyl (C=O) groups is 2. The van der Waals surface area contributed by atoms with E-state index in [1.54, 1.807) is 38.3 Å². The van der Waals surface area contributed by atoms with Gasteiger partial charge < -0.3 is 15.0 Å². The Morgan fingerprint density at radius 1 is 1.03 bits per heavy atom. The van der Waals surface area contributed by atoms with Crippen molar-refractivity contribution < 1.29 is 22.7 Å². The third kappa shape index (κ3) is 7.71. The highest BCUT2D eigenvalue weighted by molar-refractivity contribution is 7.92. The SMILES string of the molecule is CCCNC(=O)[C@@H](C)N(Cc1ccc(OC)cc1)C(=O)CN(c1ccccc1C(C)C)S(C)(=O)=O. The van der Waals surface area contributed by atoms with Crippen molar-refractivity contribution in [2.45, 2.75) is 52.6 Å². The molecule has 35 heavy (non-hydrogen) atoms. The van der Waals surface area contributed by atoms with Crippen LogP contribution in [0.4, 0.5) is 5.69 Å². The van der Waals surface area contributed by atoms with E-state index < -0.39 is 28.5 Å². The Balaban J connectivity index is 2.43. The van der Waals surface area contributed by atoms with Crippen molar-refractivity contribution in [3.63, 3.8) is 0 Å². The molecule has 2 aromatic carbocycles. The maximum atomic E-state index is 13.6. The normalized spacial score (nSPS) is 12.2. The molecule has 0 radical (unpaired) electrons. The van der Waals surface area contributed by atoms with Crippen LogP contribution in [-0.4, -0.2) is 57.6 Å². The zero-order valence-corrected chi connectivity index (χ0v) is 22.3. The summed E-state index contributed by atoms with van der Waals surface area (Å²) in [6.45, 7) is 7.76. The molecule has 8 nitrogen and oxygen atoms in total. The first-order chi connectivity index (χ1) is 16.5. The smallest absolute Gasteiger partial charge is 0.244 e. The molecule has 2 amide bonds. The molecule has 0 unspecified atom stereocenters. The molecule has 1 atom stereocenters. The van der Waals surface area contributed by atoms with Crippen LogP contribution in [0, 0.1) is 0 Å². The highest BCUT2D eigenvalue weighted by Gasteiger charge is 2.31. The van der Waals surface area contributed by atoms with Crippen LogP contribution in [-0.2, 0) is 26.2 Å². The van der Waals surface area contributed by atoms with E-state index in [0.717, 1.165) is 28.1 Å². The quantitative estimate of drug-likeness (QED) is 0.478. The van der Waals surface area contributed by atoms with Gasteiger partial charge in [0, 0.05) is 13.1 Å². The topological polar surface area (TPSA) is 96.0 Å². The minimum absolute atomic E-state index is 0.0553. The Labute approximate surface area is 209 Å². The van der Waals surface area contributed by atoms with Gasteiger partial charge in [-0.3, -0.25) is 13.9 Å². The molecule has 0 heterocycles. The number of amides is 2. The Morgan fingerprint density at radius 3 is 2.20 bits per heavy atom. The van der Waals surface area contributed by atoms with E-state index >= 15 is 0 Å². The lowest BCUT2D eigenvalue weighted by Crippen LogP contribution is -2.51. The van der Waals surface area contributed by atoms with Gasteiger partial charge in [0.2, 0.25) is 21.8 Å². The summed E-state index contributed by atoms with van der Waals surface area (Å²) in [6.07, 6.45) is 1.85. The van der Waals surface area contributed by atoms with E-state index in [2.05, 4.69) is 5.32 Å². The number of hydrogen-bond donors (Lipinski definition) is 1. The number of nitrogens with zero attached hydrogens (tertiary/aromatic N) is 2. The zero-order valence-electron chi connectivity index (χ0n) is 21.4. The molecule has 0 aromatic heterocycles. The lowest BCUT2D eigenvalue weighted by Gasteiger charge is -2.32. The number of para-hydroxylation sites is 1. The summed E-state index contributed by atoms with van der Waals surface area (Å²) < 4.78 is 31.9. The molecular formula is C26H37N3O5S. The third-order valence-electron chi connectivity index (χ3n) is 5.74. The van der Waals surface area contributed by atoms with E-state index in [1.807, 2.05) is 45.0 Å². The highest BCUT2D eigenvalue weighted by atomic mass is 32.2. The number of hydrogen-bond acceptors (Lipinski definition) is 5. The minimum atomic E-state index is -3.78. The van der Waals surface area contributed by atoms with E-state index in [1.165, 1.54) is 4.90 Å². The molecule has 1 N–H and O–H groups in total. The summed E-state index contributed by atoms with van der Waals surface area (Å²) in [5, 5.41) is 2.83. The third-order valence-corrected chi connectivity index (χ3v) is 6.86. The summed E-state index contributed by atoms with van der Waals surface area (Å²) in [6, 6.07) is 13.6. The molecular weight excluding hydrogens is 466 g/mol. The maximum Gasteiger partial charge on any atom is 0.244 e. The first-order valence-electron chi connectivity index (χ1n) is 11.8. The van der Waals surface area contributed by atoms with Crippen LogP contribution >= 0.6 is 0 Å². The van der Waals surface area contributed by atoms with Crippen molar-refractivity contribution in [1.29, 1.82) is 0 Å². The zero-order chi connectivity index (χ0) is 26.2. The van der Waals surface area contributed by atoms with E-state index in [-0.39, 0.29) is 18.4 Å². The van der Waals surface area contributed by atoms with Gasteiger partial charge in [0.05, 0.1) is 19.1 Å². The van der Waals surface area contributed by atoms with E-state index in [4.69, 9.17) is 4.74 Å². The molecule has 0 aliphatic carbocycles. The molecule has 0 saturated heterocycles. The van der Waals surface area contributed by atoms with E-state index in [9.17, 15) is 18.0 Å². The average Bonchev–Trinajstić information content (AvgIpc) is 2.83. The lowest BCUT2D eigenvalue weighted by atomic mass is 10.0. The monoisotopic (exact) mass is 503 g/mol. The number of nitrogens with one attached hydrogen (secondary N) is 1. The second-order valence-electron chi connectivity index (χ2n) is 8.82. The van der Waals surface area contributed by atoms with Crippen LogP contribution in [0.3, 0.4) is 0 Å². The molecule has 192 valence electrons. The Kier molecular flexibility index (Phi) is 10.1. The second-order valence-corrected chi connectivity index (χ2v) is 10.7. The fourth-order valence-corrected chi connectivity index (χ4v) is 4.57. The number of ether oxygens (including phenoxy) is 1. The van der Waals surface area contributed by atoms with Crippen LogP contribution < -0.4 is 14.4 Å². The van der Waals surface area contributed by atoms with Crippen molar-refractivity contribution in [2.24, 2.45) is 0 Å². The molecule has 2 rings (SSSR count). The number of anilines is 1. The van der Waals surface area contributed by atoms with Gasteiger partial charge in [-0.25, -0.2) is 8.42 Å². The number of carbonyl (C=O) groups excluding carboxylic acids is 2. The first kappa shape index (κ1) is 28.2. The number of rotatable bonds is 12. The van der Waals surface area contributed by atoms with Gasteiger partial charge in [-0.15, -0.1) is 0 Å². The van der Waals surface area contributed by atoms with Crippen molar-refractivity contribution in [1.82, 2.24) is 10.2 Å². The number of sulfonamides is 1. The minimum Gasteiger partial charge on any atom is -0.497 e. The van der Waals surface area contributed by atoms with Gasteiger partial charge in [0.15, 0.2) is 0 Å². The molecule has 0 spiro atoms. The van der Waals surface area contributed by atoms with Gasteiger partial charge in [0.1, 0.15) is 18.3 Å². The first-order valence-corrected chi connectivity index (χ1v) is 13.6. The van der Waals surface area contributed by atoms with Gasteiger partial charge in [-0.05, 0) is 48.6 Å². The van der Waals surface area contributed by atoms with E-state index in [0.29, 0.717) is 18.0 Å². The van der Waals surface area contributed by atoms with Gasteiger partial charge in [-0.2, -0.15) is 0 Å². The van der Waals surface area contributed by atoms with Gasteiger partial charge >= 0.3 is 0 Å². The summed E-state index contributed by atoms with van der Waals surface area (Å²) >= 11 is 0. The summed E-state index contributed by atoms with van der Waals surface area (Å²) in [5.74, 6) is -0.0280. The lowest BCUT2D eigenvalue weighted by molar-refractivity contribution is -0.139. The van der Waals surface area contributed by atoms with Crippen LogP contribution in [0.2, 0.25) is 0 Å². The fraction of sp³-hybridized carbons (Fsp3) is 0.462. The van der Waals surface area contributed by atoms with Crippen molar-refractivity contribution in [3.8, 4) is 5.75 Å². The molecule has 9 heteroatoms. The molecule has 0 bridgehead atoms. The molecule has 0 aliphatic heterocycles.